The second-order valence-corrected chi connectivity index (χ2v) is 5.95. The Morgan fingerprint density at radius 1 is 1.41 bits per heavy atom. The second-order valence-electron chi connectivity index (χ2n) is 5.10. The number of amides is 1. The highest BCUT2D eigenvalue weighted by Crippen LogP contribution is 2.29. The molecule has 1 amide bonds. The lowest BCUT2D eigenvalue weighted by Gasteiger charge is -2.24. The number of aromatic nitrogens is 1. The fourth-order valence-corrected chi connectivity index (χ4v) is 2.22. The summed E-state index contributed by atoms with van der Waals surface area (Å²) in [6.45, 7) is 6.74. The van der Waals surface area contributed by atoms with E-state index in [0.717, 1.165) is 15.6 Å². The number of rotatable bonds is 0. The van der Waals surface area contributed by atoms with Gasteiger partial charge in [0.15, 0.2) is 0 Å². The minimum atomic E-state index is -0.457. The largest absolute Gasteiger partial charge is 0.444 e. The average Bonchev–Trinajstić information content (AvgIpc) is 2.60. The lowest BCUT2D eigenvalue weighted by Crippen LogP contribution is -2.33. The van der Waals surface area contributed by atoms with E-state index in [4.69, 9.17) is 4.74 Å². The highest BCUT2D eigenvalue weighted by Gasteiger charge is 2.28. The molecule has 2 heterocycles. The zero-order valence-electron chi connectivity index (χ0n) is 10.2. The van der Waals surface area contributed by atoms with Crippen LogP contribution in [0.25, 0.3) is 0 Å². The third-order valence-corrected chi connectivity index (χ3v) is 3.14. The van der Waals surface area contributed by atoms with Gasteiger partial charge in [-0.25, -0.2) is 4.79 Å². The number of carbonyl (C=O) groups is 1. The van der Waals surface area contributed by atoms with Crippen molar-refractivity contribution in [3.05, 3.63) is 28.0 Å². The Balaban J connectivity index is 2.10. The van der Waals surface area contributed by atoms with Crippen LogP contribution in [0.15, 0.2) is 16.9 Å². The van der Waals surface area contributed by atoms with Crippen molar-refractivity contribution in [2.75, 3.05) is 0 Å². The van der Waals surface area contributed by atoms with Gasteiger partial charge < -0.3 is 4.74 Å². The van der Waals surface area contributed by atoms with Crippen molar-refractivity contribution in [3.63, 3.8) is 0 Å². The molecule has 0 N–H and O–H groups in total. The number of halogens is 1. The van der Waals surface area contributed by atoms with Crippen LogP contribution in [0.5, 0.6) is 0 Å². The van der Waals surface area contributed by atoms with Gasteiger partial charge in [-0.2, -0.15) is 0 Å². The van der Waals surface area contributed by atoms with Crippen molar-refractivity contribution in [2.45, 2.75) is 39.5 Å². The summed E-state index contributed by atoms with van der Waals surface area (Å²) in [4.78, 5) is 17.7. The predicted octanol–water partition coefficient (Wildman–Crippen LogP) is 3.09. The zero-order valence-corrected chi connectivity index (χ0v) is 11.7. The van der Waals surface area contributed by atoms with Gasteiger partial charge >= 0.3 is 6.09 Å². The fraction of sp³-hybridized carbons (Fsp3) is 0.500. The molecule has 0 atom stereocenters. The summed E-state index contributed by atoms with van der Waals surface area (Å²) in [5.74, 6) is 0. The van der Waals surface area contributed by atoms with E-state index in [9.17, 15) is 4.79 Å². The Kier molecular flexibility index (Phi) is 3.12. The van der Waals surface area contributed by atoms with Crippen molar-refractivity contribution in [3.8, 4) is 0 Å². The zero-order chi connectivity index (χ0) is 12.6. The fourth-order valence-electron chi connectivity index (χ4n) is 1.72. The summed E-state index contributed by atoms with van der Waals surface area (Å²) in [5.41, 5.74) is 1.73. The maximum absolute atomic E-state index is 11.9. The molecular formula is C12H15BrN2O2. The minimum absolute atomic E-state index is 0.277. The molecule has 0 saturated heterocycles. The van der Waals surface area contributed by atoms with Crippen molar-refractivity contribution >= 4 is 22.0 Å². The Hall–Kier alpha value is -1.10. The SMILES string of the molecule is CC(C)(C)OC(=O)N1Cc2cncc(Br)c2C1. The average molecular weight is 299 g/mol. The second kappa shape index (κ2) is 4.29. The summed E-state index contributed by atoms with van der Waals surface area (Å²) < 4.78 is 6.29. The van der Waals surface area contributed by atoms with Crippen LogP contribution in [0.4, 0.5) is 4.79 Å². The molecule has 4 nitrogen and oxygen atoms in total. The van der Waals surface area contributed by atoms with Crippen LogP contribution in [0, 0.1) is 0 Å². The maximum atomic E-state index is 11.9. The number of carbonyl (C=O) groups excluding carboxylic acids is 1. The van der Waals surface area contributed by atoms with E-state index < -0.39 is 5.60 Å². The van der Waals surface area contributed by atoms with E-state index in [0.29, 0.717) is 13.1 Å². The van der Waals surface area contributed by atoms with E-state index in [-0.39, 0.29) is 6.09 Å². The molecular weight excluding hydrogens is 284 g/mol. The Bertz CT molecular complexity index is 454. The molecule has 0 aromatic carbocycles. The van der Waals surface area contributed by atoms with Crippen LogP contribution in [0.1, 0.15) is 31.9 Å². The van der Waals surface area contributed by atoms with Crippen LogP contribution < -0.4 is 0 Å². The number of fused-ring (bicyclic) bond motifs is 1. The lowest BCUT2D eigenvalue weighted by molar-refractivity contribution is 0.0241. The van der Waals surface area contributed by atoms with Gasteiger partial charge in [0.1, 0.15) is 5.60 Å². The molecule has 5 heteroatoms. The normalized spacial score (nSPS) is 14.7. The van der Waals surface area contributed by atoms with Crippen LogP contribution in [-0.4, -0.2) is 21.6 Å². The first-order valence-corrected chi connectivity index (χ1v) is 6.25. The van der Waals surface area contributed by atoms with E-state index in [1.165, 1.54) is 0 Å². The Morgan fingerprint density at radius 2 is 2.12 bits per heavy atom. The van der Waals surface area contributed by atoms with Crippen molar-refractivity contribution < 1.29 is 9.53 Å². The predicted molar refractivity (Wildman–Crippen MR) is 67.4 cm³/mol. The van der Waals surface area contributed by atoms with E-state index >= 15 is 0 Å². The summed E-state index contributed by atoms with van der Waals surface area (Å²) in [6, 6.07) is 0. The van der Waals surface area contributed by atoms with Gasteiger partial charge in [0.25, 0.3) is 0 Å². The van der Waals surface area contributed by atoms with Crippen molar-refractivity contribution in [2.24, 2.45) is 0 Å². The number of nitrogens with zero attached hydrogens (tertiary/aromatic N) is 2. The summed E-state index contributed by atoms with van der Waals surface area (Å²) in [5, 5.41) is 0. The quantitative estimate of drug-likeness (QED) is 0.739. The van der Waals surface area contributed by atoms with Crippen molar-refractivity contribution in [1.29, 1.82) is 0 Å². The smallest absolute Gasteiger partial charge is 0.410 e. The lowest BCUT2D eigenvalue weighted by atomic mass is 10.2. The van der Waals surface area contributed by atoms with Crippen LogP contribution in [-0.2, 0) is 17.8 Å². The first-order valence-electron chi connectivity index (χ1n) is 5.46. The molecule has 92 valence electrons. The first-order chi connectivity index (χ1) is 7.87. The molecule has 1 aliphatic heterocycles. The Morgan fingerprint density at radius 3 is 2.71 bits per heavy atom. The van der Waals surface area contributed by atoms with Gasteiger partial charge in [0.2, 0.25) is 0 Å². The summed E-state index contributed by atoms with van der Waals surface area (Å²) in [6.07, 6.45) is 3.27. The summed E-state index contributed by atoms with van der Waals surface area (Å²) in [7, 11) is 0. The third kappa shape index (κ3) is 2.77. The maximum Gasteiger partial charge on any atom is 0.410 e. The molecule has 0 saturated carbocycles. The van der Waals surface area contributed by atoms with Crippen LogP contribution in [0.3, 0.4) is 0 Å². The molecule has 2 rings (SSSR count). The molecule has 1 aromatic rings. The van der Waals surface area contributed by atoms with E-state index in [1.54, 1.807) is 17.3 Å². The van der Waals surface area contributed by atoms with E-state index in [2.05, 4.69) is 20.9 Å². The molecule has 1 aliphatic rings. The first kappa shape index (κ1) is 12.4. The third-order valence-electron chi connectivity index (χ3n) is 2.46. The number of hydrogen-bond donors (Lipinski definition) is 0. The van der Waals surface area contributed by atoms with Crippen molar-refractivity contribution in [1.82, 2.24) is 9.88 Å². The van der Waals surface area contributed by atoms with Gasteiger partial charge in [0, 0.05) is 16.9 Å². The van der Waals surface area contributed by atoms with Gasteiger partial charge in [-0.05, 0) is 47.8 Å². The van der Waals surface area contributed by atoms with E-state index in [1.807, 2.05) is 20.8 Å². The molecule has 0 unspecified atom stereocenters. The van der Waals surface area contributed by atoms with Gasteiger partial charge in [-0.3, -0.25) is 9.88 Å². The molecule has 0 spiro atoms. The number of pyridine rings is 1. The molecule has 0 aliphatic carbocycles. The van der Waals surface area contributed by atoms with Gasteiger partial charge in [-0.1, -0.05) is 0 Å². The highest BCUT2D eigenvalue weighted by molar-refractivity contribution is 9.10. The standard InChI is InChI=1S/C12H15BrN2O2/c1-12(2,3)17-11(16)15-6-8-4-14-5-10(13)9(8)7-15/h4-5H,6-7H2,1-3H3. The number of hydrogen-bond acceptors (Lipinski definition) is 3. The molecule has 1 aromatic heterocycles. The highest BCUT2D eigenvalue weighted by atomic mass is 79.9. The molecule has 17 heavy (non-hydrogen) atoms. The minimum Gasteiger partial charge on any atom is -0.444 e. The van der Waals surface area contributed by atoms with Gasteiger partial charge in [-0.15, -0.1) is 0 Å². The molecule has 0 fully saturated rings. The van der Waals surface area contributed by atoms with Crippen LogP contribution in [0.2, 0.25) is 0 Å². The molecule has 0 bridgehead atoms. The number of ether oxygens (including phenoxy) is 1. The monoisotopic (exact) mass is 298 g/mol. The summed E-state index contributed by atoms with van der Waals surface area (Å²) >= 11 is 3.44. The Labute approximate surface area is 109 Å². The van der Waals surface area contributed by atoms with Crippen LogP contribution >= 0.6 is 15.9 Å². The topological polar surface area (TPSA) is 42.4 Å². The molecule has 0 radical (unpaired) electrons. The van der Waals surface area contributed by atoms with Gasteiger partial charge in [0.05, 0.1) is 13.1 Å².